The van der Waals surface area contributed by atoms with Crippen LogP contribution in [0, 0.1) is 0 Å². The number of allylic oxidation sites excluding steroid dienone is 3. The molecule has 1 nitrogen and oxygen atoms in total. The minimum absolute atomic E-state index is 0.220. The first-order valence-electron chi connectivity index (χ1n) is 7.35. The van der Waals surface area contributed by atoms with Crippen LogP contribution in [0.15, 0.2) is 54.6 Å². The van der Waals surface area contributed by atoms with Gasteiger partial charge < -0.3 is 5.11 Å². The lowest BCUT2D eigenvalue weighted by molar-refractivity contribution is 0.168. The molecule has 0 aliphatic rings. The Bertz CT molecular complexity index is 365. The van der Waals surface area contributed by atoms with Gasteiger partial charge in [0, 0.05) is 0 Å². The van der Waals surface area contributed by atoms with E-state index in [1.807, 2.05) is 18.2 Å². The van der Waals surface area contributed by atoms with Crippen LogP contribution >= 0.6 is 0 Å². The standard InChI is InChI=1S/C18H26O/c1-2-3-4-5-6-7-11-14-18(19)16-15-17-12-9-8-10-13-17/h3-4,7-13,18-19H,2,5-6,14-16H2,1H3/b4-3+,11-7+. The average Bonchev–Trinajstić information content (AvgIpc) is 2.45. The molecule has 0 fully saturated rings. The molecule has 1 aromatic rings. The van der Waals surface area contributed by atoms with Crippen LogP contribution in [-0.4, -0.2) is 11.2 Å². The van der Waals surface area contributed by atoms with Crippen molar-refractivity contribution in [2.75, 3.05) is 0 Å². The summed E-state index contributed by atoms with van der Waals surface area (Å²) < 4.78 is 0. The first-order valence-corrected chi connectivity index (χ1v) is 7.35. The van der Waals surface area contributed by atoms with Gasteiger partial charge in [0.05, 0.1) is 6.10 Å². The fraction of sp³-hybridized carbons (Fsp3) is 0.444. The fourth-order valence-electron chi connectivity index (χ4n) is 1.94. The van der Waals surface area contributed by atoms with E-state index >= 15 is 0 Å². The van der Waals surface area contributed by atoms with Gasteiger partial charge in [0.15, 0.2) is 0 Å². The van der Waals surface area contributed by atoms with Crippen LogP contribution in [0.2, 0.25) is 0 Å². The van der Waals surface area contributed by atoms with Crippen LogP contribution in [-0.2, 0) is 6.42 Å². The molecule has 0 aliphatic carbocycles. The number of aliphatic hydroxyl groups excluding tert-OH is 1. The van der Waals surface area contributed by atoms with Crippen LogP contribution in [0.4, 0.5) is 0 Å². The molecular formula is C18H26O. The Hall–Kier alpha value is -1.34. The molecule has 1 aromatic carbocycles. The summed E-state index contributed by atoms with van der Waals surface area (Å²) in [6.07, 6.45) is 14.3. The van der Waals surface area contributed by atoms with Gasteiger partial charge in [-0.05, 0) is 44.1 Å². The van der Waals surface area contributed by atoms with Gasteiger partial charge in [-0.1, -0.05) is 61.6 Å². The normalized spacial score (nSPS) is 13.4. The minimum atomic E-state index is -0.220. The fourth-order valence-corrected chi connectivity index (χ4v) is 1.94. The van der Waals surface area contributed by atoms with Crippen molar-refractivity contribution >= 4 is 0 Å². The second kappa shape index (κ2) is 10.6. The monoisotopic (exact) mass is 258 g/mol. The summed E-state index contributed by atoms with van der Waals surface area (Å²) >= 11 is 0. The third-order valence-electron chi connectivity index (χ3n) is 3.09. The predicted octanol–water partition coefficient (Wildman–Crippen LogP) is 4.67. The number of benzene rings is 1. The maximum Gasteiger partial charge on any atom is 0.0577 e. The number of aryl methyl sites for hydroxylation is 1. The highest BCUT2D eigenvalue weighted by Crippen LogP contribution is 2.08. The Kier molecular flexibility index (Phi) is 8.74. The van der Waals surface area contributed by atoms with E-state index in [4.69, 9.17) is 0 Å². The van der Waals surface area contributed by atoms with E-state index in [0.29, 0.717) is 0 Å². The van der Waals surface area contributed by atoms with Crippen molar-refractivity contribution in [3.63, 3.8) is 0 Å². The van der Waals surface area contributed by atoms with Crippen molar-refractivity contribution in [2.45, 2.75) is 51.6 Å². The Labute approximate surface area is 117 Å². The highest BCUT2D eigenvalue weighted by molar-refractivity contribution is 5.14. The van der Waals surface area contributed by atoms with Gasteiger partial charge in [0.25, 0.3) is 0 Å². The zero-order valence-corrected chi connectivity index (χ0v) is 12.0. The van der Waals surface area contributed by atoms with E-state index in [9.17, 15) is 5.11 Å². The first-order chi connectivity index (χ1) is 9.33. The summed E-state index contributed by atoms with van der Waals surface area (Å²) in [5.74, 6) is 0. The molecule has 1 unspecified atom stereocenters. The molecule has 0 aliphatic heterocycles. The molecule has 0 aromatic heterocycles. The average molecular weight is 258 g/mol. The van der Waals surface area contributed by atoms with Crippen LogP contribution in [0.5, 0.6) is 0 Å². The number of rotatable bonds is 9. The Morgan fingerprint density at radius 3 is 2.37 bits per heavy atom. The van der Waals surface area contributed by atoms with Crippen LogP contribution in [0.1, 0.15) is 44.6 Å². The van der Waals surface area contributed by atoms with Crippen LogP contribution in [0.25, 0.3) is 0 Å². The lowest BCUT2D eigenvalue weighted by Gasteiger charge is -2.07. The molecule has 0 heterocycles. The molecule has 1 N–H and O–H groups in total. The third-order valence-corrected chi connectivity index (χ3v) is 3.09. The molecule has 104 valence electrons. The molecule has 1 heteroatoms. The summed E-state index contributed by atoms with van der Waals surface area (Å²) in [5.41, 5.74) is 1.30. The van der Waals surface area contributed by atoms with Crippen molar-refractivity contribution < 1.29 is 5.11 Å². The molecule has 0 saturated carbocycles. The first kappa shape index (κ1) is 15.7. The molecule has 0 saturated heterocycles. The SMILES string of the molecule is CC/C=C/CC/C=C/CC(O)CCc1ccccc1. The Balaban J connectivity index is 2.09. The molecule has 19 heavy (non-hydrogen) atoms. The molecular weight excluding hydrogens is 232 g/mol. The highest BCUT2D eigenvalue weighted by Gasteiger charge is 2.01. The zero-order chi connectivity index (χ0) is 13.8. The third kappa shape index (κ3) is 8.39. The van der Waals surface area contributed by atoms with Crippen LogP contribution in [0.3, 0.4) is 0 Å². The quantitative estimate of drug-likeness (QED) is 0.504. The van der Waals surface area contributed by atoms with Crippen molar-refractivity contribution in [1.82, 2.24) is 0 Å². The summed E-state index contributed by atoms with van der Waals surface area (Å²) in [4.78, 5) is 0. The van der Waals surface area contributed by atoms with E-state index in [-0.39, 0.29) is 6.10 Å². The molecule has 0 radical (unpaired) electrons. The summed E-state index contributed by atoms with van der Waals surface area (Å²) in [7, 11) is 0. The number of hydrogen-bond donors (Lipinski definition) is 1. The maximum atomic E-state index is 9.89. The summed E-state index contributed by atoms with van der Waals surface area (Å²) in [5, 5.41) is 9.89. The van der Waals surface area contributed by atoms with E-state index < -0.39 is 0 Å². The molecule has 0 spiro atoms. The van der Waals surface area contributed by atoms with E-state index in [2.05, 4.69) is 43.4 Å². The molecule has 1 rings (SSSR count). The van der Waals surface area contributed by atoms with E-state index in [0.717, 1.165) is 38.5 Å². The zero-order valence-electron chi connectivity index (χ0n) is 12.0. The van der Waals surface area contributed by atoms with E-state index in [1.54, 1.807) is 0 Å². The van der Waals surface area contributed by atoms with Gasteiger partial charge in [-0.3, -0.25) is 0 Å². The second-order valence-electron chi connectivity index (χ2n) is 4.84. The van der Waals surface area contributed by atoms with Gasteiger partial charge in [-0.2, -0.15) is 0 Å². The van der Waals surface area contributed by atoms with Gasteiger partial charge in [-0.25, -0.2) is 0 Å². The van der Waals surface area contributed by atoms with Gasteiger partial charge in [0.1, 0.15) is 0 Å². The van der Waals surface area contributed by atoms with Crippen LogP contribution < -0.4 is 0 Å². The van der Waals surface area contributed by atoms with Crippen molar-refractivity contribution in [3.05, 3.63) is 60.2 Å². The minimum Gasteiger partial charge on any atom is -0.393 e. The van der Waals surface area contributed by atoms with E-state index in [1.165, 1.54) is 5.56 Å². The van der Waals surface area contributed by atoms with Crippen molar-refractivity contribution in [2.24, 2.45) is 0 Å². The molecule has 0 amide bonds. The topological polar surface area (TPSA) is 20.2 Å². The van der Waals surface area contributed by atoms with Crippen molar-refractivity contribution in [3.8, 4) is 0 Å². The number of aliphatic hydroxyl groups is 1. The number of hydrogen-bond acceptors (Lipinski definition) is 1. The van der Waals surface area contributed by atoms with Crippen molar-refractivity contribution in [1.29, 1.82) is 0 Å². The smallest absolute Gasteiger partial charge is 0.0577 e. The van der Waals surface area contributed by atoms with Gasteiger partial charge in [0.2, 0.25) is 0 Å². The lowest BCUT2D eigenvalue weighted by atomic mass is 10.0. The summed E-state index contributed by atoms with van der Waals surface area (Å²) in [6, 6.07) is 10.3. The van der Waals surface area contributed by atoms with Gasteiger partial charge in [-0.15, -0.1) is 0 Å². The Morgan fingerprint density at radius 2 is 1.68 bits per heavy atom. The molecule has 1 atom stereocenters. The van der Waals surface area contributed by atoms with Gasteiger partial charge >= 0.3 is 0 Å². The predicted molar refractivity (Wildman–Crippen MR) is 83.2 cm³/mol. The molecule has 0 bridgehead atoms. The largest absolute Gasteiger partial charge is 0.393 e. The lowest BCUT2D eigenvalue weighted by Crippen LogP contribution is -2.06. The summed E-state index contributed by atoms with van der Waals surface area (Å²) in [6.45, 7) is 2.15. The number of unbranched alkanes of at least 4 members (excludes halogenated alkanes) is 1. The Morgan fingerprint density at radius 1 is 1.00 bits per heavy atom. The highest BCUT2D eigenvalue weighted by atomic mass is 16.3. The maximum absolute atomic E-state index is 9.89. The second-order valence-corrected chi connectivity index (χ2v) is 4.84.